The molecular formula is C15H20BrN3O2. The normalized spacial score (nSPS) is 10.7. The zero-order valence-electron chi connectivity index (χ0n) is 12.5. The molecule has 2 aromatic rings. The van der Waals surface area contributed by atoms with Crippen LogP contribution in [0.1, 0.15) is 12.1 Å². The summed E-state index contributed by atoms with van der Waals surface area (Å²) < 4.78 is 13.4. The van der Waals surface area contributed by atoms with Crippen molar-refractivity contribution in [2.75, 3.05) is 26.1 Å². The van der Waals surface area contributed by atoms with Crippen molar-refractivity contribution in [2.45, 2.75) is 19.9 Å². The van der Waals surface area contributed by atoms with E-state index in [0.29, 0.717) is 0 Å². The van der Waals surface area contributed by atoms with Crippen molar-refractivity contribution < 1.29 is 9.47 Å². The second kappa shape index (κ2) is 7.47. The number of benzene rings is 1. The van der Waals surface area contributed by atoms with Crippen LogP contribution >= 0.6 is 15.9 Å². The van der Waals surface area contributed by atoms with Crippen LogP contribution in [0.2, 0.25) is 0 Å². The Morgan fingerprint density at radius 1 is 1.29 bits per heavy atom. The summed E-state index contributed by atoms with van der Waals surface area (Å²) in [6.07, 6.45) is 2.98. The first-order chi connectivity index (χ1) is 10.1. The molecule has 5 nitrogen and oxygen atoms in total. The highest BCUT2D eigenvalue weighted by atomic mass is 79.9. The van der Waals surface area contributed by atoms with Crippen LogP contribution in [0.5, 0.6) is 5.75 Å². The van der Waals surface area contributed by atoms with Gasteiger partial charge in [0.25, 0.3) is 0 Å². The molecule has 0 saturated carbocycles. The molecule has 0 amide bonds. The third-order valence-electron chi connectivity index (χ3n) is 3.01. The van der Waals surface area contributed by atoms with E-state index in [4.69, 9.17) is 9.47 Å². The zero-order chi connectivity index (χ0) is 15.2. The second-order valence-corrected chi connectivity index (χ2v) is 5.67. The molecule has 1 N–H and O–H groups in total. The lowest BCUT2D eigenvalue weighted by atomic mass is 10.3. The molecule has 21 heavy (non-hydrogen) atoms. The van der Waals surface area contributed by atoms with E-state index in [2.05, 4.69) is 30.8 Å². The van der Waals surface area contributed by atoms with Crippen LogP contribution < -0.4 is 10.1 Å². The van der Waals surface area contributed by atoms with Crippen molar-refractivity contribution in [3.05, 3.63) is 34.6 Å². The maximum Gasteiger partial charge on any atom is 0.207 e. The van der Waals surface area contributed by atoms with Gasteiger partial charge in [0.05, 0.1) is 12.8 Å². The van der Waals surface area contributed by atoms with Gasteiger partial charge in [0, 0.05) is 42.7 Å². The third-order valence-corrected chi connectivity index (χ3v) is 3.47. The Morgan fingerprint density at radius 3 is 2.81 bits per heavy atom. The van der Waals surface area contributed by atoms with Crippen LogP contribution in [0, 0.1) is 6.92 Å². The average molecular weight is 354 g/mol. The average Bonchev–Trinajstić information content (AvgIpc) is 2.78. The molecule has 1 aromatic carbocycles. The molecule has 2 rings (SSSR count). The summed E-state index contributed by atoms with van der Waals surface area (Å²) in [7, 11) is 3.37. The van der Waals surface area contributed by atoms with Crippen molar-refractivity contribution in [3.8, 4) is 5.75 Å². The van der Waals surface area contributed by atoms with Gasteiger partial charge in [0.15, 0.2) is 0 Å². The minimum absolute atomic E-state index is 0.737. The van der Waals surface area contributed by atoms with E-state index in [0.717, 1.165) is 47.1 Å². The predicted octanol–water partition coefficient (Wildman–Crippen LogP) is 3.74. The van der Waals surface area contributed by atoms with Gasteiger partial charge in [-0.2, -0.15) is 0 Å². The summed E-state index contributed by atoms with van der Waals surface area (Å²) in [5, 5.41) is 3.34. The summed E-state index contributed by atoms with van der Waals surface area (Å²) in [4.78, 5) is 4.52. The first kappa shape index (κ1) is 15.9. The number of ether oxygens (including phenoxy) is 2. The number of halogens is 1. The first-order valence-corrected chi connectivity index (χ1v) is 7.56. The van der Waals surface area contributed by atoms with Gasteiger partial charge in [0.2, 0.25) is 5.95 Å². The van der Waals surface area contributed by atoms with Gasteiger partial charge >= 0.3 is 0 Å². The molecule has 0 spiro atoms. The first-order valence-electron chi connectivity index (χ1n) is 6.76. The lowest BCUT2D eigenvalue weighted by Crippen LogP contribution is -2.05. The standard InChI is InChI=1S/C15H20BrN3O2/c1-11-10-19(5-4-6-20-2)15(17-11)18-13-7-12(16)8-14(9-13)21-3/h7-10H,4-6H2,1-3H3,(H,17,18). The molecule has 0 aliphatic carbocycles. The van der Waals surface area contributed by atoms with Gasteiger partial charge in [-0.25, -0.2) is 4.98 Å². The number of nitrogens with zero attached hydrogens (tertiary/aromatic N) is 2. The Morgan fingerprint density at radius 2 is 2.10 bits per heavy atom. The van der Waals surface area contributed by atoms with E-state index >= 15 is 0 Å². The van der Waals surface area contributed by atoms with Crippen LogP contribution in [0.25, 0.3) is 0 Å². The molecule has 0 unspecified atom stereocenters. The smallest absolute Gasteiger partial charge is 0.207 e. The molecular weight excluding hydrogens is 334 g/mol. The molecule has 114 valence electrons. The summed E-state index contributed by atoms with van der Waals surface area (Å²) in [6, 6.07) is 5.85. The van der Waals surface area contributed by atoms with E-state index in [1.54, 1.807) is 14.2 Å². The number of nitrogens with one attached hydrogen (secondary N) is 1. The van der Waals surface area contributed by atoms with Crippen molar-refractivity contribution >= 4 is 27.6 Å². The fourth-order valence-electron chi connectivity index (χ4n) is 2.08. The number of aromatic nitrogens is 2. The number of methoxy groups -OCH3 is 2. The molecule has 6 heteroatoms. The molecule has 1 aromatic heterocycles. The highest BCUT2D eigenvalue weighted by Gasteiger charge is 2.07. The lowest BCUT2D eigenvalue weighted by Gasteiger charge is -2.11. The lowest BCUT2D eigenvalue weighted by molar-refractivity contribution is 0.190. The van der Waals surface area contributed by atoms with E-state index in [1.807, 2.05) is 31.3 Å². The van der Waals surface area contributed by atoms with Crippen LogP contribution in [0.4, 0.5) is 11.6 Å². The summed E-state index contributed by atoms with van der Waals surface area (Å²) >= 11 is 3.48. The van der Waals surface area contributed by atoms with Crippen LogP contribution in [0.3, 0.4) is 0 Å². The van der Waals surface area contributed by atoms with Gasteiger partial charge in [0.1, 0.15) is 5.75 Å². The minimum atomic E-state index is 0.737. The zero-order valence-corrected chi connectivity index (χ0v) is 14.1. The van der Waals surface area contributed by atoms with E-state index < -0.39 is 0 Å². The molecule has 0 fully saturated rings. The maximum absolute atomic E-state index is 5.27. The van der Waals surface area contributed by atoms with E-state index in [9.17, 15) is 0 Å². The Labute approximate surface area is 133 Å². The number of rotatable bonds is 7. The largest absolute Gasteiger partial charge is 0.497 e. The number of imidazole rings is 1. The van der Waals surface area contributed by atoms with E-state index in [1.165, 1.54) is 0 Å². The Bertz CT molecular complexity index is 599. The van der Waals surface area contributed by atoms with Crippen LogP contribution in [-0.2, 0) is 11.3 Å². The molecule has 0 radical (unpaired) electrons. The van der Waals surface area contributed by atoms with E-state index in [-0.39, 0.29) is 0 Å². The van der Waals surface area contributed by atoms with Crippen molar-refractivity contribution in [2.24, 2.45) is 0 Å². The SMILES string of the molecule is COCCCn1cc(C)nc1Nc1cc(Br)cc(OC)c1. The summed E-state index contributed by atoms with van der Waals surface area (Å²) in [6.45, 7) is 3.59. The van der Waals surface area contributed by atoms with Gasteiger partial charge in [-0.05, 0) is 25.5 Å². The molecule has 1 heterocycles. The second-order valence-electron chi connectivity index (χ2n) is 4.75. The number of hydrogen-bond donors (Lipinski definition) is 1. The molecule has 0 aliphatic rings. The Hall–Kier alpha value is -1.53. The van der Waals surface area contributed by atoms with Gasteiger partial charge in [-0.15, -0.1) is 0 Å². The van der Waals surface area contributed by atoms with Crippen molar-refractivity contribution in [1.82, 2.24) is 9.55 Å². The third kappa shape index (κ3) is 4.47. The minimum Gasteiger partial charge on any atom is -0.497 e. The van der Waals surface area contributed by atoms with Gasteiger partial charge in [-0.3, -0.25) is 0 Å². The molecule has 0 atom stereocenters. The number of hydrogen-bond acceptors (Lipinski definition) is 4. The van der Waals surface area contributed by atoms with Gasteiger partial charge in [-0.1, -0.05) is 15.9 Å². The van der Waals surface area contributed by atoms with Gasteiger partial charge < -0.3 is 19.4 Å². The number of aryl methyl sites for hydroxylation is 2. The van der Waals surface area contributed by atoms with Crippen molar-refractivity contribution in [1.29, 1.82) is 0 Å². The molecule has 0 bridgehead atoms. The fourth-order valence-corrected chi connectivity index (χ4v) is 2.55. The Balaban J connectivity index is 2.17. The summed E-state index contributed by atoms with van der Waals surface area (Å²) in [5.74, 6) is 1.62. The quantitative estimate of drug-likeness (QED) is 0.770. The highest BCUT2D eigenvalue weighted by Crippen LogP contribution is 2.26. The van der Waals surface area contributed by atoms with Crippen LogP contribution in [-0.4, -0.2) is 30.4 Å². The number of anilines is 2. The summed E-state index contributed by atoms with van der Waals surface area (Å²) in [5.41, 5.74) is 1.91. The molecule has 0 aliphatic heterocycles. The Kier molecular flexibility index (Phi) is 5.64. The van der Waals surface area contributed by atoms with Crippen molar-refractivity contribution in [3.63, 3.8) is 0 Å². The predicted molar refractivity (Wildman–Crippen MR) is 87.4 cm³/mol. The highest BCUT2D eigenvalue weighted by molar-refractivity contribution is 9.10. The maximum atomic E-state index is 5.27. The monoisotopic (exact) mass is 353 g/mol. The fraction of sp³-hybridized carbons (Fsp3) is 0.400. The topological polar surface area (TPSA) is 48.3 Å². The molecule has 0 saturated heterocycles. The van der Waals surface area contributed by atoms with Crippen LogP contribution in [0.15, 0.2) is 28.9 Å².